The van der Waals surface area contributed by atoms with E-state index < -0.39 is 11.9 Å². The first-order chi connectivity index (χ1) is 7.29. The average Bonchev–Trinajstić information content (AvgIpc) is 2.30. The van der Waals surface area contributed by atoms with Crippen LogP contribution >= 0.6 is 0 Å². The van der Waals surface area contributed by atoms with Crippen LogP contribution in [0.15, 0.2) is 30.2 Å². The quantitative estimate of drug-likeness (QED) is 0.809. The number of ether oxygens (including phenoxy) is 1. The summed E-state index contributed by atoms with van der Waals surface area (Å²) in [5, 5.41) is 9.83. The third-order valence-corrected chi connectivity index (χ3v) is 2.28. The minimum Gasteiger partial charge on any atom is -0.495 e. The van der Waals surface area contributed by atoms with Crippen LogP contribution in [-0.2, 0) is 4.74 Å². The first kappa shape index (κ1) is 10.1. The lowest BCUT2D eigenvalue weighted by Crippen LogP contribution is -2.12. The van der Waals surface area contributed by atoms with Gasteiger partial charge >= 0.3 is 0 Å². The van der Waals surface area contributed by atoms with Crippen molar-refractivity contribution in [1.82, 2.24) is 4.98 Å². The second-order valence-corrected chi connectivity index (χ2v) is 3.37. The third kappa shape index (κ3) is 2.15. The fourth-order valence-corrected chi connectivity index (χ4v) is 1.50. The molecule has 15 heavy (non-hydrogen) atoms. The van der Waals surface area contributed by atoms with Crippen molar-refractivity contribution >= 4 is 0 Å². The van der Waals surface area contributed by atoms with Gasteiger partial charge in [0.2, 0.25) is 0 Å². The first-order valence-corrected chi connectivity index (χ1v) is 4.90. The highest BCUT2D eigenvalue weighted by Gasteiger charge is 2.21. The van der Waals surface area contributed by atoms with Gasteiger partial charge in [-0.3, -0.25) is 4.98 Å². The number of aromatic nitrogens is 1. The van der Waals surface area contributed by atoms with Crippen LogP contribution in [0, 0.1) is 5.82 Å². The van der Waals surface area contributed by atoms with E-state index in [1.165, 1.54) is 18.3 Å². The summed E-state index contributed by atoms with van der Waals surface area (Å²) < 4.78 is 18.5. The highest BCUT2D eigenvalue weighted by molar-refractivity contribution is 5.18. The molecule has 0 fully saturated rings. The molecule has 0 aliphatic carbocycles. The second-order valence-electron chi connectivity index (χ2n) is 3.37. The number of allylic oxidation sites excluding steroid dienone is 1. The summed E-state index contributed by atoms with van der Waals surface area (Å²) in [6.45, 7) is 0.567. The lowest BCUT2D eigenvalue weighted by atomic mass is 10.1. The molecule has 0 bridgehead atoms. The number of rotatable bonds is 2. The third-order valence-electron chi connectivity index (χ3n) is 2.28. The summed E-state index contributed by atoms with van der Waals surface area (Å²) in [6, 6.07) is 2.76. The van der Waals surface area contributed by atoms with E-state index in [0.29, 0.717) is 12.4 Å². The van der Waals surface area contributed by atoms with Crippen LogP contribution in [0.3, 0.4) is 0 Å². The van der Waals surface area contributed by atoms with E-state index >= 15 is 0 Å². The van der Waals surface area contributed by atoms with Crippen molar-refractivity contribution < 1.29 is 14.2 Å². The lowest BCUT2D eigenvalue weighted by Gasteiger charge is -2.19. The Morgan fingerprint density at radius 1 is 1.53 bits per heavy atom. The number of pyridine rings is 1. The van der Waals surface area contributed by atoms with Gasteiger partial charge in [0.05, 0.1) is 6.61 Å². The van der Waals surface area contributed by atoms with Gasteiger partial charge in [-0.15, -0.1) is 0 Å². The Bertz CT molecular complexity index is 379. The molecule has 1 N–H and O–H groups in total. The summed E-state index contributed by atoms with van der Waals surface area (Å²) >= 11 is 0. The molecule has 2 heterocycles. The topological polar surface area (TPSA) is 42.4 Å². The van der Waals surface area contributed by atoms with Crippen LogP contribution in [0.1, 0.15) is 24.6 Å². The maximum Gasteiger partial charge on any atom is 0.155 e. The van der Waals surface area contributed by atoms with Crippen LogP contribution < -0.4 is 0 Å². The molecule has 0 spiro atoms. The molecule has 1 aliphatic rings. The molecule has 80 valence electrons. The molecule has 2 rings (SSSR count). The molecule has 1 aromatic rings. The molecular weight excluding hydrogens is 197 g/mol. The highest BCUT2D eigenvalue weighted by Crippen LogP contribution is 2.25. The number of aliphatic hydroxyl groups excluding tert-OH is 1. The summed E-state index contributed by atoms with van der Waals surface area (Å²) in [4.78, 5) is 3.81. The van der Waals surface area contributed by atoms with Gasteiger partial charge in [-0.1, -0.05) is 0 Å². The van der Waals surface area contributed by atoms with Gasteiger partial charge < -0.3 is 9.84 Å². The SMILES string of the molecule is OC(C1=CCCCO1)c1ncccc1F. The van der Waals surface area contributed by atoms with Crippen molar-refractivity contribution in [3.8, 4) is 0 Å². The monoisotopic (exact) mass is 209 g/mol. The van der Waals surface area contributed by atoms with Crippen molar-refractivity contribution in [2.75, 3.05) is 6.61 Å². The first-order valence-electron chi connectivity index (χ1n) is 4.90. The summed E-state index contributed by atoms with van der Waals surface area (Å²) in [7, 11) is 0. The Kier molecular flexibility index (Phi) is 2.97. The smallest absolute Gasteiger partial charge is 0.155 e. The molecule has 0 saturated carbocycles. The second kappa shape index (κ2) is 4.40. The average molecular weight is 209 g/mol. The van der Waals surface area contributed by atoms with Crippen molar-refractivity contribution in [1.29, 1.82) is 0 Å². The van der Waals surface area contributed by atoms with E-state index in [9.17, 15) is 9.50 Å². The molecular formula is C11H12FNO2. The van der Waals surface area contributed by atoms with Crippen LogP contribution in [0.25, 0.3) is 0 Å². The highest BCUT2D eigenvalue weighted by atomic mass is 19.1. The molecule has 3 nitrogen and oxygen atoms in total. The Morgan fingerprint density at radius 2 is 2.40 bits per heavy atom. The van der Waals surface area contributed by atoms with Gasteiger partial charge in [0.1, 0.15) is 17.3 Å². The van der Waals surface area contributed by atoms with E-state index in [4.69, 9.17) is 4.74 Å². The number of nitrogens with zero attached hydrogens (tertiary/aromatic N) is 1. The molecule has 0 amide bonds. The Morgan fingerprint density at radius 3 is 3.07 bits per heavy atom. The largest absolute Gasteiger partial charge is 0.495 e. The van der Waals surface area contributed by atoms with Gasteiger partial charge in [-0.05, 0) is 31.1 Å². The fourth-order valence-electron chi connectivity index (χ4n) is 1.50. The van der Waals surface area contributed by atoms with Crippen LogP contribution in [0.2, 0.25) is 0 Å². The lowest BCUT2D eigenvalue weighted by molar-refractivity contribution is 0.0871. The predicted octanol–water partition coefficient (Wildman–Crippen LogP) is 1.95. The minimum absolute atomic E-state index is 0.0191. The van der Waals surface area contributed by atoms with E-state index in [0.717, 1.165) is 12.8 Å². The maximum absolute atomic E-state index is 13.3. The standard InChI is InChI=1S/C11H12FNO2/c12-8-4-3-6-13-10(8)11(14)9-5-1-2-7-15-9/h3-6,11,14H,1-2,7H2. The molecule has 1 aliphatic heterocycles. The molecule has 1 atom stereocenters. The van der Waals surface area contributed by atoms with Crippen molar-refractivity contribution in [3.63, 3.8) is 0 Å². The van der Waals surface area contributed by atoms with Crippen molar-refractivity contribution in [3.05, 3.63) is 41.7 Å². The zero-order chi connectivity index (χ0) is 10.7. The summed E-state index contributed by atoms with van der Waals surface area (Å²) in [6.07, 6.45) is 3.92. The predicted molar refractivity (Wildman–Crippen MR) is 52.4 cm³/mol. The van der Waals surface area contributed by atoms with Crippen LogP contribution in [0.4, 0.5) is 4.39 Å². The molecule has 0 saturated heterocycles. The number of hydrogen-bond acceptors (Lipinski definition) is 3. The molecule has 1 aromatic heterocycles. The Balaban J connectivity index is 2.23. The molecule has 1 unspecified atom stereocenters. The number of aliphatic hydroxyl groups is 1. The van der Waals surface area contributed by atoms with E-state index in [1.54, 1.807) is 6.08 Å². The molecule has 4 heteroatoms. The number of halogens is 1. The summed E-state index contributed by atoms with van der Waals surface area (Å²) in [5.41, 5.74) is 0.0191. The zero-order valence-corrected chi connectivity index (χ0v) is 8.19. The Labute approximate surface area is 87.2 Å². The van der Waals surface area contributed by atoms with Gasteiger partial charge in [0.25, 0.3) is 0 Å². The molecule has 0 aromatic carbocycles. The maximum atomic E-state index is 13.3. The van der Waals surface area contributed by atoms with Crippen LogP contribution in [0.5, 0.6) is 0 Å². The van der Waals surface area contributed by atoms with Gasteiger partial charge in [-0.25, -0.2) is 4.39 Å². The fraction of sp³-hybridized carbons (Fsp3) is 0.364. The normalized spacial score (nSPS) is 17.9. The van der Waals surface area contributed by atoms with Gasteiger partial charge in [-0.2, -0.15) is 0 Å². The van der Waals surface area contributed by atoms with Crippen molar-refractivity contribution in [2.24, 2.45) is 0 Å². The number of hydrogen-bond donors (Lipinski definition) is 1. The summed E-state index contributed by atoms with van der Waals surface area (Å²) in [5.74, 6) is -0.112. The Hall–Kier alpha value is -1.42. The van der Waals surface area contributed by atoms with E-state index in [1.807, 2.05) is 0 Å². The zero-order valence-electron chi connectivity index (χ0n) is 8.19. The minimum atomic E-state index is -1.09. The van der Waals surface area contributed by atoms with Crippen molar-refractivity contribution in [2.45, 2.75) is 18.9 Å². The van der Waals surface area contributed by atoms with Crippen LogP contribution in [-0.4, -0.2) is 16.7 Å². The van der Waals surface area contributed by atoms with Gasteiger partial charge in [0.15, 0.2) is 6.10 Å². The van der Waals surface area contributed by atoms with Gasteiger partial charge in [0, 0.05) is 6.20 Å². The van der Waals surface area contributed by atoms with E-state index in [-0.39, 0.29) is 5.69 Å². The van der Waals surface area contributed by atoms with E-state index in [2.05, 4.69) is 4.98 Å². The molecule has 0 radical (unpaired) electrons.